The third-order valence-electron chi connectivity index (χ3n) is 4.37. The molecule has 1 saturated carbocycles. The van der Waals surface area contributed by atoms with Crippen LogP contribution in [0.1, 0.15) is 46.9 Å². The number of carbonyl (C=O) groups excluding carboxylic acids is 1. The van der Waals surface area contributed by atoms with Crippen LogP contribution in [-0.4, -0.2) is 40.1 Å². The highest BCUT2D eigenvalue weighted by molar-refractivity contribution is 6.06. The first-order valence-electron chi connectivity index (χ1n) is 7.45. The summed E-state index contributed by atoms with van der Waals surface area (Å²) in [5.74, 6) is 0.482. The van der Waals surface area contributed by atoms with Crippen molar-refractivity contribution in [3.05, 3.63) is 23.0 Å². The van der Waals surface area contributed by atoms with E-state index in [2.05, 4.69) is 10.1 Å². The lowest BCUT2D eigenvalue weighted by Gasteiger charge is -2.16. The van der Waals surface area contributed by atoms with Crippen molar-refractivity contribution in [1.82, 2.24) is 15.0 Å². The van der Waals surface area contributed by atoms with Crippen molar-refractivity contribution in [3.63, 3.8) is 0 Å². The summed E-state index contributed by atoms with van der Waals surface area (Å²) in [4.78, 5) is 19.2. The Kier molecular flexibility index (Phi) is 3.82. The monoisotopic (exact) mass is 322 g/mol. The fourth-order valence-corrected chi connectivity index (χ4v) is 3.01. The molecule has 7 heteroatoms. The number of nitrogens with two attached hydrogens (primary N) is 1. The number of fused-ring (bicyclic) bond motifs is 1. The van der Waals surface area contributed by atoms with Gasteiger partial charge in [-0.05, 0) is 32.3 Å². The van der Waals surface area contributed by atoms with E-state index in [0.29, 0.717) is 36.0 Å². The lowest BCUT2D eigenvalue weighted by atomic mass is 10.1. The molecule has 2 fully saturated rings. The number of amides is 1. The van der Waals surface area contributed by atoms with E-state index < -0.39 is 0 Å². The summed E-state index contributed by atoms with van der Waals surface area (Å²) >= 11 is 0. The van der Waals surface area contributed by atoms with E-state index in [9.17, 15) is 4.79 Å². The Labute approximate surface area is 134 Å². The van der Waals surface area contributed by atoms with E-state index in [1.54, 1.807) is 0 Å². The number of aryl methyl sites for hydroxylation is 1. The van der Waals surface area contributed by atoms with Gasteiger partial charge < -0.3 is 15.2 Å². The summed E-state index contributed by atoms with van der Waals surface area (Å²) in [6.07, 6.45) is 3.12. The predicted molar refractivity (Wildman–Crippen MR) is 84.3 cm³/mol. The van der Waals surface area contributed by atoms with Gasteiger partial charge in [0.25, 0.3) is 11.6 Å². The Bertz CT molecular complexity index is 726. The van der Waals surface area contributed by atoms with Crippen molar-refractivity contribution >= 4 is 29.4 Å². The molecule has 0 bridgehead atoms. The molecule has 1 aliphatic heterocycles. The lowest BCUT2D eigenvalue weighted by molar-refractivity contribution is 0.0792. The molecule has 6 nitrogen and oxygen atoms in total. The molecule has 2 aromatic heterocycles. The van der Waals surface area contributed by atoms with Crippen molar-refractivity contribution in [2.45, 2.75) is 38.1 Å². The van der Waals surface area contributed by atoms with Crippen LogP contribution in [0.3, 0.4) is 0 Å². The van der Waals surface area contributed by atoms with Crippen LogP contribution in [0, 0.1) is 6.92 Å². The minimum Gasteiger partial charge on any atom is -0.337 e. The summed E-state index contributed by atoms with van der Waals surface area (Å²) in [6, 6.07) is 2.01. The van der Waals surface area contributed by atoms with E-state index in [1.165, 1.54) is 0 Å². The summed E-state index contributed by atoms with van der Waals surface area (Å²) in [6.45, 7) is 3.18. The lowest BCUT2D eigenvalue weighted by Crippen LogP contribution is -2.32. The molecule has 2 aliphatic rings. The number of likely N-dealkylation sites (tertiary alicyclic amines) is 1. The second-order valence-electron chi connectivity index (χ2n) is 6.12. The molecule has 118 valence electrons. The van der Waals surface area contributed by atoms with Crippen LogP contribution in [0.2, 0.25) is 0 Å². The maximum atomic E-state index is 12.8. The van der Waals surface area contributed by atoms with E-state index in [0.717, 1.165) is 30.3 Å². The molecule has 1 saturated heterocycles. The average molecular weight is 323 g/mol. The topological polar surface area (TPSA) is 85.2 Å². The van der Waals surface area contributed by atoms with Gasteiger partial charge in [-0.3, -0.25) is 4.79 Å². The van der Waals surface area contributed by atoms with Gasteiger partial charge in [-0.15, -0.1) is 12.4 Å². The number of hydrogen-bond donors (Lipinski definition) is 1. The van der Waals surface area contributed by atoms with Gasteiger partial charge in [0.05, 0.1) is 16.6 Å². The third-order valence-corrected chi connectivity index (χ3v) is 4.37. The number of rotatable bonds is 2. The number of carbonyl (C=O) groups is 1. The van der Waals surface area contributed by atoms with E-state index >= 15 is 0 Å². The van der Waals surface area contributed by atoms with Crippen molar-refractivity contribution in [1.29, 1.82) is 0 Å². The standard InChI is InChI=1S/C15H18N4O2.ClH/c1-8-13-11(15(20)19-5-4-10(16)7-19)6-12(9-2-3-9)17-14(13)21-18-8;/h6,9-10H,2-5,7,16H2,1H3;1H/t10-;/m1./s1. The zero-order valence-corrected chi connectivity index (χ0v) is 13.2. The Balaban J connectivity index is 0.00000144. The van der Waals surface area contributed by atoms with Gasteiger partial charge in [0.1, 0.15) is 0 Å². The van der Waals surface area contributed by atoms with Crippen molar-refractivity contribution < 1.29 is 9.32 Å². The van der Waals surface area contributed by atoms with Crippen molar-refractivity contribution in [3.8, 4) is 0 Å². The molecule has 1 amide bonds. The van der Waals surface area contributed by atoms with Crippen LogP contribution >= 0.6 is 12.4 Å². The molecule has 0 radical (unpaired) electrons. The smallest absolute Gasteiger partial charge is 0.259 e. The fraction of sp³-hybridized carbons (Fsp3) is 0.533. The van der Waals surface area contributed by atoms with Crippen LogP contribution in [-0.2, 0) is 0 Å². The molecule has 2 N–H and O–H groups in total. The number of pyridine rings is 1. The summed E-state index contributed by atoms with van der Waals surface area (Å²) in [5, 5.41) is 4.71. The van der Waals surface area contributed by atoms with E-state index in [1.807, 2.05) is 17.9 Å². The zero-order valence-electron chi connectivity index (χ0n) is 12.4. The molecule has 22 heavy (non-hydrogen) atoms. The summed E-state index contributed by atoms with van der Waals surface area (Å²) in [7, 11) is 0. The number of halogens is 1. The molecule has 1 atom stereocenters. The van der Waals surface area contributed by atoms with Crippen LogP contribution < -0.4 is 5.73 Å². The van der Waals surface area contributed by atoms with Crippen LogP contribution in [0.15, 0.2) is 10.6 Å². The number of hydrogen-bond acceptors (Lipinski definition) is 5. The first-order valence-corrected chi connectivity index (χ1v) is 7.45. The molecule has 2 aromatic rings. The highest BCUT2D eigenvalue weighted by atomic mass is 35.5. The summed E-state index contributed by atoms with van der Waals surface area (Å²) < 4.78 is 5.29. The molecule has 0 unspecified atom stereocenters. The van der Waals surface area contributed by atoms with Crippen LogP contribution in [0.5, 0.6) is 0 Å². The third kappa shape index (κ3) is 2.46. The SMILES string of the molecule is Cc1noc2nc(C3CC3)cc(C(=O)N3CC[C@@H](N)C3)c12.Cl. The first kappa shape index (κ1) is 15.2. The molecule has 4 rings (SSSR count). The van der Waals surface area contributed by atoms with Gasteiger partial charge in [0.2, 0.25) is 0 Å². The molecular weight excluding hydrogens is 304 g/mol. The van der Waals surface area contributed by atoms with Gasteiger partial charge in [0, 0.05) is 30.7 Å². The highest BCUT2D eigenvalue weighted by Crippen LogP contribution is 2.40. The maximum absolute atomic E-state index is 12.8. The normalized spacial score (nSPS) is 21.2. The van der Waals surface area contributed by atoms with Crippen LogP contribution in [0.25, 0.3) is 11.1 Å². The van der Waals surface area contributed by atoms with Crippen LogP contribution in [0.4, 0.5) is 0 Å². The molecule has 0 aromatic carbocycles. The molecule has 1 aliphatic carbocycles. The number of nitrogens with zero attached hydrogens (tertiary/aromatic N) is 3. The van der Waals surface area contributed by atoms with Gasteiger partial charge in [-0.25, -0.2) is 4.98 Å². The van der Waals surface area contributed by atoms with Gasteiger partial charge >= 0.3 is 0 Å². The molecule has 0 spiro atoms. The zero-order chi connectivity index (χ0) is 14.6. The highest BCUT2D eigenvalue weighted by Gasteiger charge is 2.31. The molecular formula is C15H19ClN4O2. The summed E-state index contributed by atoms with van der Waals surface area (Å²) in [5.41, 5.74) is 8.72. The Morgan fingerprint density at radius 1 is 1.41 bits per heavy atom. The van der Waals surface area contributed by atoms with Gasteiger partial charge in [0.15, 0.2) is 0 Å². The largest absolute Gasteiger partial charge is 0.337 e. The predicted octanol–water partition coefficient (Wildman–Crippen LogP) is 2.00. The maximum Gasteiger partial charge on any atom is 0.259 e. The minimum absolute atomic E-state index is 0. The van der Waals surface area contributed by atoms with Crippen molar-refractivity contribution in [2.24, 2.45) is 5.73 Å². The van der Waals surface area contributed by atoms with Gasteiger partial charge in [-0.1, -0.05) is 5.16 Å². The fourth-order valence-electron chi connectivity index (χ4n) is 3.01. The second kappa shape index (κ2) is 5.52. The van der Waals surface area contributed by atoms with E-state index in [-0.39, 0.29) is 24.4 Å². The first-order chi connectivity index (χ1) is 10.1. The quantitative estimate of drug-likeness (QED) is 0.914. The molecule has 3 heterocycles. The Morgan fingerprint density at radius 3 is 2.82 bits per heavy atom. The van der Waals surface area contributed by atoms with E-state index in [4.69, 9.17) is 10.3 Å². The Morgan fingerprint density at radius 2 is 2.18 bits per heavy atom. The second-order valence-corrected chi connectivity index (χ2v) is 6.12. The van der Waals surface area contributed by atoms with Crippen molar-refractivity contribution in [2.75, 3.05) is 13.1 Å². The van der Waals surface area contributed by atoms with Gasteiger partial charge in [-0.2, -0.15) is 0 Å². The average Bonchev–Trinajstić information content (AvgIpc) is 3.15. The minimum atomic E-state index is 0. The number of aromatic nitrogens is 2. The Hall–Kier alpha value is -1.66.